The van der Waals surface area contributed by atoms with Crippen molar-refractivity contribution >= 4 is 29.5 Å². The largest absolute Gasteiger partial charge is 0.488 e. The Hall–Kier alpha value is -2.05. The fourth-order valence-electron chi connectivity index (χ4n) is 1.68. The molecule has 0 fully saturated rings. The van der Waals surface area contributed by atoms with Gasteiger partial charge in [0.05, 0.1) is 12.1 Å². The number of nitrogens with two attached hydrogens (primary N) is 1. The predicted octanol–water partition coefficient (Wildman–Crippen LogP) is 0.0782. The van der Waals surface area contributed by atoms with Crippen LogP contribution in [-0.2, 0) is 9.59 Å². The van der Waals surface area contributed by atoms with Crippen LogP contribution in [0.3, 0.4) is 0 Å². The number of aliphatic hydroxyl groups is 1. The third-order valence-corrected chi connectivity index (χ3v) is 3.00. The van der Waals surface area contributed by atoms with Crippen LogP contribution in [0.15, 0.2) is 23.8 Å². The van der Waals surface area contributed by atoms with Crippen LogP contribution in [0.25, 0.3) is 6.08 Å². The average Bonchev–Trinajstić information content (AvgIpc) is 2.43. The molecule has 0 aromatic heterocycles. The quantitative estimate of drug-likeness (QED) is 0.732. The summed E-state index contributed by atoms with van der Waals surface area (Å²) in [5.74, 6) is -0.685. The van der Waals surface area contributed by atoms with E-state index in [-0.39, 0.29) is 13.2 Å². The molecule has 0 aliphatic carbocycles. The van der Waals surface area contributed by atoms with E-state index in [1.807, 2.05) is 0 Å². The SMILES string of the molecule is NC(=O)C(O)CNC(=O)C1=Cc2cc(Cl)ccc2OC1. The van der Waals surface area contributed by atoms with E-state index in [9.17, 15) is 14.7 Å². The molecule has 1 aromatic carbocycles. The molecule has 7 heteroatoms. The number of hydrogen-bond acceptors (Lipinski definition) is 4. The van der Waals surface area contributed by atoms with Crippen molar-refractivity contribution in [1.29, 1.82) is 0 Å². The molecule has 1 unspecified atom stereocenters. The molecule has 1 aliphatic rings. The van der Waals surface area contributed by atoms with Crippen molar-refractivity contribution in [2.24, 2.45) is 5.73 Å². The van der Waals surface area contributed by atoms with Crippen molar-refractivity contribution in [2.75, 3.05) is 13.2 Å². The summed E-state index contributed by atoms with van der Waals surface area (Å²) in [6.07, 6.45) is 0.238. The third-order valence-electron chi connectivity index (χ3n) is 2.76. The smallest absolute Gasteiger partial charge is 0.250 e. The van der Waals surface area contributed by atoms with Gasteiger partial charge >= 0.3 is 0 Å². The highest BCUT2D eigenvalue weighted by molar-refractivity contribution is 6.30. The molecular formula is C13H13ClN2O4. The summed E-state index contributed by atoms with van der Waals surface area (Å²) in [7, 11) is 0. The number of aliphatic hydroxyl groups excluding tert-OH is 1. The summed E-state index contributed by atoms with van der Waals surface area (Å²) >= 11 is 5.87. The summed E-state index contributed by atoms with van der Waals surface area (Å²) in [4.78, 5) is 22.5. The molecule has 20 heavy (non-hydrogen) atoms. The molecule has 1 atom stereocenters. The lowest BCUT2D eigenvalue weighted by molar-refractivity contribution is -0.126. The fraction of sp³-hybridized carbons (Fsp3) is 0.231. The Bertz CT molecular complexity index is 586. The summed E-state index contributed by atoms with van der Waals surface area (Å²) in [5, 5.41) is 12.2. The average molecular weight is 297 g/mol. The molecule has 1 aromatic rings. The molecule has 4 N–H and O–H groups in total. The number of rotatable bonds is 4. The maximum Gasteiger partial charge on any atom is 0.250 e. The zero-order valence-corrected chi connectivity index (χ0v) is 11.2. The molecule has 1 aliphatic heterocycles. The number of ether oxygens (including phenoxy) is 1. The third kappa shape index (κ3) is 3.28. The zero-order valence-electron chi connectivity index (χ0n) is 10.4. The zero-order chi connectivity index (χ0) is 14.7. The van der Waals surface area contributed by atoms with Gasteiger partial charge in [0.15, 0.2) is 0 Å². The van der Waals surface area contributed by atoms with E-state index in [4.69, 9.17) is 22.1 Å². The lowest BCUT2D eigenvalue weighted by Crippen LogP contribution is -2.41. The van der Waals surface area contributed by atoms with Crippen molar-refractivity contribution in [2.45, 2.75) is 6.10 Å². The van der Waals surface area contributed by atoms with Gasteiger partial charge < -0.3 is 20.9 Å². The van der Waals surface area contributed by atoms with E-state index in [1.54, 1.807) is 24.3 Å². The first-order valence-corrected chi connectivity index (χ1v) is 6.23. The van der Waals surface area contributed by atoms with Gasteiger partial charge in [-0.15, -0.1) is 0 Å². The van der Waals surface area contributed by atoms with Crippen molar-refractivity contribution < 1.29 is 19.4 Å². The summed E-state index contributed by atoms with van der Waals surface area (Å²) in [5.41, 5.74) is 5.96. The van der Waals surface area contributed by atoms with Crippen LogP contribution in [-0.4, -0.2) is 36.2 Å². The molecule has 6 nitrogen and oxygen atoms in total. The molecule has 0 bridgehead atoms. The Morgan fingerprint density at radius 1 is 1.50 bits per heavy atom. The predicted molar refractivity (Wildman–Crippen MR) is 73.1 cm³/mol. The topological polar surface area (TPSA) is 102 Å². The molecule has 0 radical (unpaired) electrons. The van der Waals surface area contributed by atoms with Crippen LogP contribution in [0, 0.1) is 0 Å². The summed E-state index contributed by atoms with van der Waals surface area (Å²) in [6.45, 7) is -0.138. The van der Waals surface area contributed by atoms with Gasteiger partial charge in [0.1, 0.15) is 18.5 Å². The minimum atomic E-state index is -1.41. The van der Waals surface area contributed by atoms with E-state index in [0.717, 1.165) is 0 Å². The van der Waals surface area contributed by atoms with Crippen molar-refractivity contribution in [3.63, 3.8) is 0 Å². The number of fused-ring (bicyclic) bond motifs is 1. The second-order valence-corrected chi connectivity index (χ2v) is 4.71. The van der Waals surface area contributed by atoms with E-state index in [2.05, 4.69) is 5.32 Å². The van der Waals surface area contributed by atoms with Gasteiger partial charge in [-0.3, -0.25) is 9.59 Å². The van der Waals surface area contributed by atoms with Gasteiger partial charge in [-0.2, -0.15) is 0 Å². The lowest BCUT2D eigenvalue weighted by atomic mass is 10.1. The molecule has 0 saturated heterocycles. The van der Waals surface area contributed by atoms with Crippen molar-refractivity contribution in [3.05, 3.63) is 34.4 Å². The standard InChI is InChI=1S/C13H13ClN2O4/c14-9-1-2-11-7(4-9)3-8(6-20-11)13(19)16-5-10(17)12(15)18/h1-4,10,17H,5-6H2,(H2,15,18)(H,16,19). The summed E-state index contributed by atoms with van der Waals surface area (Å²) < 4.78 is 5.42. The number of benzene rings is 1. The van der Waals surface area contributed by atoms with Gasteiger partial charge in [-0.05, 0) is 24.3 Å². The molecule has 0 saturated carbocycles. The molecular weight excluding hydrogens is 284 g/mol. The Balaban J connectivity index is 2.06. The van der Waals surface area contributed by atoms with E-state index in [0.29, 0.717) is 21.9 Å². The lowest BCUT2D eigenvalue weighted by Gasteiger charge is -2.18. The van der Waals surface area contributed by atoms with Crippen molar-refractivity contribution in [1.82, 2.24) is 5.32 Å². The maximum atomic E-state index is 11.9. The number of nitrogens with one attached hydrogen (secondary N) is 1. The van der Waals surface area contributed by atoms with Gasteiger partial charge in [-0.25, -0.2) is 0 Å². The van der Waals surface area contributed by atoms with Crippen LogP contribution < -0.4 is 15.8 Å². The maximum absolute atomic E-state index is 11.9. The van der Waals surface area contributed by atoms with Crippen molar-refractivity contribution in [3.8, 4) is 5.75 Å². The number of amides is 2. The Morgan fingerprint density at radius 2 is 2.25 bits per heavy atom. The Morgan fingerprint density at radius 3 is 2.95 bits per heavy atom. The van der Waals surface area contributed by atoms with E-state index < -0.39 is 17.9 Å². The van der Waals surface area contributed by atoms with Crippen LogP contribution in [0.4, 0.5) is 0 Å². The van der Waals surface area contributed by atoms with E-state index >= 15 is 0 Å². The number of carbonyl (C=O) groups is 2. The highest BCUT2D eigenvalue weighted by Crippen LogP contribution is 2.28. The number of hydrogen-bond donors (Lipinski definition) is 3. The van der Waals surface area contributed by atoms with Crippen LogP contribution in [0.5, 0.6) is 5.75 Å². The number of carbonyl (C=O) groups excluding carboxylic acids is 2. The first kappa shape index (κ1) is 14.4. The molecule has 2 amide bonds. The first-order valence-electron chi connectivity index (χ1n) is 5.86. The minimum Gasteiger partial charge on any atom is -0.488 e. The van der Waals surface area contributed by atoms with Gasteiger partial charge in [0.25, 0.3) is 5.91 Å². The van der Waals surface area contributed by atoms with Crippen LogP contribution in [0.2, 0.25) is 5.02 Å². The number of primary amides is 1. The second kappa shape index (κ2) is 5.94. The second-order valence-electron chi connectivity index (χ2n) is 4.27. The Kier molecular flexibility index (Phi) is 4.26. The Labute approximate surface area is 120 Å². The normalized spacial score (nSPS) is 14.6. The molecule has 0 spiro atoms. The minimum absolute atomic E-state index is 0.104. The van der Waals surface area contributed by atoms with Gasteiger partial charge in [0, 0.05) is 10.6 Å². The van der Waals surface area contributed by atoms with Gasteiger partial charge in [-0.1, -0.05) is 11.6 Å². The van der Waals surface area contributed by atoms with Crippen LogP contribution >= 0.6 is 11.6 Å². The van der Waals surface area contributed by atoms with Crippen LogP contribution in [0.1, 0.15) is 5.56 Å². The summed E-state index contributed by atoms with van der Waals surface area (Å²) in [6, 6.07) is 5.10. The fourth-order valence-corrected chi connectivity index (χ4v) is 1.86. The molecule has 1 heterocycles. The highest BCUT2D eigenvalue weighted by Gasteiger charge is 2.19. The van der Waals surface area contributed by atoms with Gasteiger partial charge in [0.2, 0.25) is 5.91 Å². The van der Waals surface area contributed by atoms with E-state index in [1.165, 1.54) is 0 Å². The molecule has 106 valence electrons. The highest BCUT2D eigenvalue weighted by atomic mass is 35.5. The monoisotopic (exact) mass is 296 g/mol. The first-order chi connectivity index (χ1) is 9.47. The number of halogens is 1. The molecule has 2 rings (SSSR count).